The average Bonchev–Trinajstić information content (AvgIpc) is 2.29. The smallest absolute Gasteiger partial charge is 0.150 e. The number of halogens is 1. The molecule has 1 aromatic carbocycles. The number of ether oxygens (including phenoxy) is 1. The van der Waals surface area contributed by atoms with Gasteiger partial charge in [-0.25, -0.2) is 0 Å². The maximum Gasteiger partial charge on any atom is 0.150 e. The summed E-state index contributed by atoms with van der Waals surface area (Å²) in [5.74, 6) is 0.736. The van der Waals surface area contributed by atoms with Crippen LogP contribution in [0.25, 0.3) is 0 Å². The Kier molecular flexibility index (Phi) is 5.46. The minimum atomic E-state index is 0.0491. The van der Waals surface area contributed by atoms with Crippen LogP contribution >= 0.6 is 22.6 Å². The van der Waals surface area contributed by atoms with Gasteiger partial charge in [0.2, 0.25) is 0 Å². The number of hydrogen-bond acceptors (Lipinski definition) is 2. The summed E-state index contributed by atoms with van der Waals surface area (Å²) < 4.78 is 6.76. The van der Waals surface area contributed by atoms with E-state index in [4.69, 9.17) is 4.74 Å². The minimum Gasteiger partial charge on any atom is -0.491 e. The normalized spacial score (nSPS) is 11.1. The fourth-order valence-electron chi connectivity index (χ4n) is 1.57. The van der Waals surface area contributed by atoms with Gasteiger partial charge < -0.3 is 4.74 Å². The lowest BCUT2D eigenvalue weighted by Crippen LogP contribution is -2.12. The van der Waals surface area contributed by atoms with Crippen molar-refractivity contribution >= 4 is 22.6 Å². The molecule has 0 aliphatic carbocycles. The predicted octanol–water partition coefficient (Wildman–Crippen LogP) is 4.64. The monoisotopic (exact) mass is 357 g/mol. The topological polar surface area (TPSA) is 33.0 Å². The van der Waals surface area contributed by atoms with Gasteiger partial charge in [0.05, 0.1) is 15.7 Å². The van der Waals surface area contributed by atoms with Crippen molar-refractivity contribution < 1.29 is 4.74 Å². The number of benzene rings is 1. The van der Waals surface area contributed by atoms with Gasteiger partial charge in [-0.05, 0) is 52.1 Å². The van der Waals surface area contributed by atoms with Crippen molar-refractivity contribution in [2.45, 2.75) is 46.0 Å². The van der Waals surface area contributed by atoms with Crippen molar-refractivity contribution in [3.8, 4) is 11.8 Å². The van der Waals surface area contributed by atoms with Gasteiger partial charge in [0.15, 0.2) is 0 Å². The van der Waals surface area contributed by atoms with Gasteiger partial charge in [-0.1, -0.05) is 34.1 Å². The van der Waals surface area contributed by atoms with Crippen molar-refractivity contribution in [3.63, 3.8) is 0 Å². The molecule has 18 heavy (non-hydrogen) atoms. The molecule has 0 fully saturated rings. The van der Waals surface area contributed by atoms with Gasteiger partial charge in [0.1, 0.15) is 11.8 Å². The molecule has 2 nitrogen and oxygen atoms in total. The summed E-state index contributed by atoms with van der Waals surface area (Å²) in [7, 11) is 0. The fourth-order valence-corrected chi connectivity index (χ4v) is 2.36. The van der Waals surface area contributed by atoms with Crippen LogP contribution in [-0.2, 0) is 5.41 Å². The van der Waals surface area contributed by atoms with Crippen LogP contribution in [0.5, 0.6) is 5.75 Å². The molecule has 1 aromatic rings. The Bertz CT molecular complexity index is 455. The fraction of sp³-hybridized carbons (Fsp3) is 0.533. The summed E-state index contributed by atoms with van der Waals surface area (Å²) in [6.07, 6.45) is 2.11. The molecule has 0 bridgehead atoms. The highest BCUT2D eigenvalue weighted by molar-refractivity contribution is 14.1. The van der Waals surface area contributed by atoms with Gasteiger partial charge in [-0.3, -0.25) is 0 Å². The zero-order valence-corrected chi connectivity index (χ0v) is 13.7. The van der Waals surface area contributed by atoms with Crippen molar-refractivity contribution in [2.75, 3.05) is 6.61 Å². The largest absolute Gasteiger partial charge is 0.491 e. The van der Waals surface area contributed by atoms with E-state index in [9.17, 15) is 5.26 Å². The third-order valence-corrected chi connectivity index (χ3v) is 3.58. The Hall–Kier alpha value is -0.760. The number of hydrogen-bond donors (Lipinski definition) is 0. The van der Waals surface area contributed by atoms with E-state index in [-0.39, 0.29) is 5.41 Å². The summed E-state index contributed by atoms with van der Waals surface area (Å²) in [4.78, 5) is 0. The van der Waals surface area contributed by atoms with Gasteiger partial charge in [0, 0.05) is 0 Å². The first-order valence-corrected chi connectivity index (χ1v) is 7.35. The predicted molar refractivity (Wildman–Crippen MR) is 83.0 cm³/mol. The molecule has 0 saturated heterocycles. The van der Waals surface area contributed by atoms with Gasteiger partial charge in [0.25, 0.3) is 0 Å². The molecular formula is C15H20INO. The zero-order valence-electron chi connectivity index (χ0n) is 11.5. The second-order valence-corrected chi connectivity index (χ2v) is 6.56. The maximum absolute atomic E-state index is 9.26. The Morgan fingerprint density at radius 3 is 2.50 bits per heavy atom. The van der Waals surface area contributed by atoms with Crippen molar-refractivity contribution in [3.05, 3.63) is 26.8 Å². The Morgan fingerprint density at radius 2 is 2.00 bits per heavy atom. The van der Waals surface area contributed by atoms with Crippen LogP contribution in [0.3, 0.4) is 0 Å². The molecule has 0 saturated carbocycles. The first-order chi connectivity index (χ1) is 8.40. The lowest BCUT2D eigenvalue weighted by Gasteiger charge is -2.21. The van der Waals surface area contributed by atoms with E-state index in [1.54, 1.807) is 0 Å². The van der Waals surface area contributed by atoms with E-state index in [0.717, 1.165) is 22.2 Å². The van der Waals surface area contributed by atoms with Gasteiger partial charge in [-0.15, -0.1) is 0 Å². The second-order valence-electron chi connectivity index (χ2n) is 5.40. The van der Waals surface area contributed by atoms with Crippen LogP contribution in [0.15, 0.2) is 12.1 Å². The average molecular weight is 357 g/mol. The van der Waals surface area contributed by atoms with Crippen LogP contribution < -0.4 is 4.74 Å². The first kappa shape index (κ1) is 15.3. The molecule has 0 radical (unpaired) electrons. The molecular weight excluding hydrogens is 337 g/mol. The Labute approximate surface area is 123 Å². The van der Waals surface area contributed by atoms with Crippen LogP contribution in [0.4, 0.5) is 0 Å². The maximum atomic E-state index is 9.26. The standard InChI is InChI=1S/C15H20INO/c1-5-6-7-18-14-11(10-17)8-12(9-13(14)16)15(2,3)4/h8-9H,5-7H2,1-4H3. The van der Waals surface area contributed by atoms with Crippen molar-refractivity contribution in [1.82, 2.24) is 0 Å². The molecule has 0 unspecified atom stereocenters. The van der Waals surface area contributed by atoms with Crippen molar-refractivity contribution in [2.24, 2.45) is 0 Å². The molecule has 0 amide bonds. The molecule has 0 spiro atoms. The Balaban J connectivity index is 3.10. The molecule has 0 aliphatic heterocycles. The van der Waals surface area contributed by atoms with Crippen LogP contribution in [-0.4, -0.2) is 6.61 Å². The number of nitriles is 1. The zero-order chi connectivity index (χ0) is 13.8. The van der Waals surface area contributed by atoms with Crippen molar-refractivity contribution in [1.29, 1.82) is 5.26 Å². The molecule has 1 rings (SSSR count). The molecule has 0 N–H and O–H groups in total. The lowest BCUT2D eigenvalue weighted by atomic mass is 9.86. The molecule has 0 atom stereocenters. The van der Waals surface area contributed by atoms with E-state index in [1.165, 1.54) is 5.56 Å². The highest BCUT2D eigenvalue weighted by Gasteiger charge is 2.18. The summed E-state index contributed by atoms with van der Waals surface area (Å²) >= 11 is 2.25. The van der Waals surface area contributed by atoms with E-state index in [1.807, 2.05) is 6.07 Å². The third-order valence-electron chi connectivity index (χ3n) is 2.77. The minimum absolute atomic E-state index is 0.0491. The van der Waals surface area contributed by atoms with Crippen LogP contribution in [0, 0.1) is 14.9 Å². The summed E-state index contributed by atoms with van der Waals surface area (Å²) in [5, 5.41) is 9.26. The number of nitrogens with zero attached hydrogens (tertiary/aromatic N) is 1. The molecule has 98 valence electrons. The Morgan fingerprint density at radius 1 is 1.33 bits per heavy atom. The highest BCUT2D eigenvalue weighted by Crippen LogP contribution is 2.32. The van der Waals surface area contributed by atoms with Gasteiger partial charge in [-0.2, -0.15) is 5.26 Å². The van der Waals surface area contributed by atoms with Gasteiger partial charge >= 0.3 is 0 Å². The van der Waals surface area contributed by atoms with E-state index >= 15 is 0 Å². The highest BCUT2D eigenvalue weighted by atomic mass is 127. The molecule has 3 heteroatoms. The third kappa shape index (κ3) is 3.88. The summed E-state index contributed by atoms with van der Waals surface area (Å²) in [5.41, 5.74) is 1.86. The molecule has 0 heterocycles. The van der Waals surface area contributed by atoms with Crippen LogP contribution in [0.1, 0.15) is 51.7 Å². The lowest BCUT2D eigenvalue weighted by molar-refractivity contribution is 0.306. The summed E-state index contributed by atoms with van der Waals surface area (Å²) in [6.45, 7) is 9.25. The summed E-state index contributed by atoms with van der Waals surface area (Å²) in [6, 6.07) is 6.31. The second kappa shape index (κ2) is 6.42. The first-order valence-electron chi connectivity index (χ1n) is 6.27. The van der Waals surface area contributed by atoms with E-state index in [2.05, 4.69) is 62.4 Å². The number of rotatable bonds is 4. The van der Waals surface area contributed by atoms with Crippen LogP contribution in [0.2, 0.25) is 0 Å². The molecule has 0 aromatic heterocycles. The molecule has 0 aliphatic rings. The van der Waals surface area contributed by atoms with E-state index < -0.39 is 0 Å². The quantitative estimate of drug-likeness (QED) is 0.581. The number of unbranched alkanes of at least 4 members (excludes halogenated alkanes) is 1. The van der Waals surface area contributed by atoms with E-state index in [0.29, 0.717) is 12.2 Å². The SMILES string of the molecule is CCCCOc1c(I)cc(C(C)(C)C)cc1C#N.